The second-order valence-electron chi connectivity index (χ2n) is 4.02. The number of halogens is 1. The number of anilines is 1. The lowest BCUT2D eigenvalue weighted by atomic mass is 10.2. The number of rotatable bonds is 7. The summed E-state index contributed by atoms with van der Waals surface area (Å²) in [6.07, 6.45) is 3.02. The molecule has 3 N–H and O–H groups in total. The summed E-state index contributed by atoms with van der Waals surface area (Å²) in [7, 11) is 1.69. The highest BCUT2D eigenvalue weighted by atomic mass is 79.9. The quantitative estimate of drug-likeness (QED) is 0.600. The largest absolute Gasteiger partial charge is 0.398 e. The molecule has 0 unspecified atom stereocenters. The molecular formula is C13H19BrN2O2. The minimum absolute atomic E-state index is 0.0964. The van der Waals surface area contributed by atoms with Crippen LogP contribution in [0.15, 0.2) is 22.7 Å². The number of hydrogen-bond donors (Lipinski definition) is 2. The smallest absolute Gasteiger partial charge is 0.252 e. The van der Waals surface area contributed by atoms with Crippen LogP contribution in [-0.2, 0) is 4.74 Å². The van der Waals surface area contributed by atoms with Crippen molar-refractivity contribution in [3.8, 4) is 0 Å². The highest BCUT2D eigenvalue weighted by Gasteiger charge is 2.10. The lowest BCUT2D eigenvalue weighted by Gasteiger charge is -2.08. The average molecular weight is 315 g/mol. The van der Waals surface area contributed by atoms with Gasteiger partial charge in [0.1, 0.15) is 0 Å². The van der Waals surface area contributed by atoms with Gasteiger partial charge >= 0.3 is 0 Å². The molecule has 5 heteroatoms. The lowest BCUT2D eigenvalue weighted by Crippen LogP contribution is -2.25. The molecule has 1 aromatic rings. The number of carbonyl (C=O) groups excluding carboxylic acids is 1. The maximum Gasteiger partial charge on any atom is 0.252 e. The molecule has 0 aliphatic rings. The van der Waals surface area contributed by atoms with Gasteiger partial charge in [0.15, 0.2) is 0 Å². The summed E-state index contributed by atoms with van der Waals surface area (Å²) in [5, 5.41) is 2.88. The number of nitrogen functional groups attached to an aromatic ring is 1. The molecule has 0 heterocycles. The van der Waals surface area contributed by atoms with Gasteiger partial charge in [-0.15, -0.1) is 0 Å². The highest BCUT2D eigenvalue weighted by Crippen LogP contribution is 2.23. The zero-order valence-electron chi connectivity index (χ0n) is 10.5. The van der Waals surface area contributed by atoms with Crippen LogP contribution in [0.4, 0.5) is 5.69 Å². The Morgan fingerprint density at radius 3 is 2.89 bits per heavy atom. The van der Waals surface area contributed by atoms with Gasteiger partial charge in [0.05, 0.1) is 10.0 Å². The van der Waals surface area contributed by atoms with Crippen molar-refractivity contribution in [2.24, 2.45) is 0 Å². The maximum atomic E-state index is 11.9. The Labute approximate surface area is 116 Å². The summed E-state index contributed by atoms with van der Waals surface area (Å²) in [5.74, 6) is -0.0964. The van der Waals surface area contributed by atoms with Crippen LogP contribution in [0.2, 0.25) is 0 Å². The van der Waals surface area contributed by atoms with Crippen LogP contribution in [0.3, 0.4) is 0 Å². The maximum absolute atomic E-state index is 11.9. The first-order valence-electron chi connectivity index (χ1n) is 5.98. The van der Waals surface area contributed by atoms with Crippen LogP contribution in [0, 0.1) is 0 Å². The zero-order chi connectivity index (χ0) is 13.4. The van der Waals surface area contributed by atoms with Crippen LogP contribution in [0.5, 0.6) is 0 Å². The van der Waals surface area contributed by atoms with E-state index in [-0.39, 0.29) is 5.91 Å². The molecule has 0 saturated carbocycles. The summed E-state index contributed by atoms with van der Waals surface area (Å²) in [5.41, 5.74) is 6.88. The standard InChI is InChI=1S/C13H19BrN2O2/c1-18-9-4-2-3-8-16-13(17)10-6-5-7-11(15)12(10)14/h5-7H,2-4,8-9,15H2,1H3,(H,16,17). The van der Waals surface area contributed by atoms with Crippen LogP contribution >= 0.6 is 15.9 Å². The van der Waals surface area contributed by atoms with E-state index >= 15 is 0 Å². The third kappa shape index (κ3) is 4.66. The number of carbonyl (C=O) groups is 1. The normalized spacial score (nSPS) is 10.3. The molecule has 0 aromatic heterocycles. The van der Waals surface area contributed by atoms with E-state index in [1.165, 1.54) is 0 Å². The fourth-order valence-corrected chi connectivity index (χ4v) is 2.01. The molecular weight excluding hydrogens is 296 g/mol. The first-order chi connectivity index (χ1) is 8.66. The molecule has 4 nitrogen and oxygen atoms in total. The number of benzene rings is 1. The fraction of sp³-hybridized carbons (Fsp3) is 0.462. The van der Waals surface area contributed by atoms with Crippen LogP contribution < -0.4 is 11.1 Å². The van der Waals surface area contributed by atoms with Crippen molar-refractivity contribution in [1.82, 2.24) is 5.32 Å². The molecule has 0 spiro atoms. The predicted octanol–water partition coefficient (Wildman–Crippen LogP) is 2.58. The Morgan fingerprint density at radius 2 is 2.17 bits per heavy atom. The number of ether oxygens (including phenoxy) is 1. The Hall–Kier alpha value is -1.07. The second-order valence-corrected chi connectivity index (χ2v) is 4.81. The van der Waals surface area contributed by atoms with Gasteiger partial charge in [-0.3, -0.25) is 4.79 Å². The van der Waals surface area contributed by atoms with Crippen LogP contribution in [0.25, 0.3) is 0 Å². The first-order valence-corrected chi connectivity index (χ1v) is 6.77. The van der Waals surface area contributed by atoms with Crippen molar-refractivity contribution >= 4 is 27.5 Å². The van der Waals surface area contributed by atoms with Crippen molar-refractivity contribution < 1.29 is 9.53 Å². The van der Waals surface area contributed by atoms with Gasteiger partial charge in [-0.05, 0) is 47.3 Å². The summed E-state index contributed by atoms with van der Waals surface area (Å²) in [6, 6.07) is 5.28. The van der Waals surface area contributed by atoms with Crippen molar-refractivity contribution in [3.05, 3.63) is 28.2 Å². The first kappa shape index (κ1) is 15.0. The number of unbranched alkanes of at least 4 members (excludes halogenated alkanes) is 2. The highest BCUT2D eigenvalue weighted by molar-refractivity contribution is 9.10. The van der Waals surface area contributed by atoms with Gasteiger partial charge in [-0.25, -0.2) is 0 Å². The number of nitrogens with one attached hydrogen (secondary N) is 1. The van der Waals surface area contributed by atoms with Crippen LogP contribution in [-0.4, -0.2) is 26.2 Å². The SMILES string of the molecule is COCCCCCNC(=O)c1cccc(N)c1Br. The fourth-order valence-electron chi connectivity index (χ4n) is 1.57. The van der Waals surface area contributed by atoms with Crippen molar-refractivity contribution in [3.63, 3.8) is 0 Å². The summed E-state index contributed by atoms with van der Waals surface area (Å²) in [6.45, 7) is 1.44. The molecule has 1 amide bonds. The van der Waals surface area contributed by atoms with Gasteiger partial charge in [-0.1, -0.05) is 6.07 Å². The molecule has 100 valence electrons. The second kappa shape index (κ2) is 8.11. The molecule has 1 aromatic carbocycles. The Morgan fingerprint density at radius 1 is 1.39 bits per heavy atom. The summed E-state index contributed by atoms with van der Waals surface area (Å²) in [4.78, 5) is 11.9. The van der Waals surface area contributed by atoms with Gasteiger partial charge in [0.25, 0.3) is 5.91 Å². The average Bonchev–Trinajstić information content (AvgIpc) is 2.36. The number of methoxy groups -OCH3 is 1. The van der Waals surface area contributed by atoms with Gasteiger partial charge < -0.3 is 15.8 Å². The molecule has 0 aliphatic carbocycles. The molecule has 1 rings (SSSR count). The van der Waals surface area contributed by atoms with Crippen molar-refractivity contribution in [2.75, 3.05) is 26.0 Å². The minimum atomic E-state index is -0.0964. The summed E-state index contributed by atoms with van der Waals surface area (Å²) >= 11 is 3.32. The molecule has 18 heavy (non-hydrogen) atoms. The molecule has 0 saturated heterocycles. The van der Waals surface area contributed by atoms with E-state index < -0.39 is 0 Å². The van der Waals surface area contributed by atoms with Gasteiger partial charge in [0.2, 0.25) is 0 Å². The monoisotopic (exact) mass is 314 g/mol. The Kier molecular flexibility index (Phi) is 6.75. The van der Waals surface area contributed by atoms with Crippen molar-refractivity contribution in [1.29, 1.82) is 0 Å². The lowest BCUT2D eigenvalue weighted by molar-refractivity contribution is 0.0952. The van der Waals surface area contributed by atoms with E-state index in [0.29, 0.717) is 22.3 Å². The third-order valence-corrected chi connectivity index (χ3v) is 3.47. The van der Waals surface area contributed by atoms with Crippen LogP contribution in [0.1, 0.15) is 29.6 Å². The third-order valence-electron chi connectivity index (χ3n) is 2.58. The summed E-state index contributed by atoms with van der Waals surface area (Å²) < 4.78 is 5.61. The number of nitrogens with two attached hydrogens (primary N) is 1. The zero-order valence-corrected chi connectivity index (χ0v) is 12.1. The molecule has 0 atom stereocenters. The number of hydrogen-bond acceptors (Lipinski definition) is 3. The van der Waals surface area contributed by atoms with E-state index in [1.807, 2.05) is 0 Å². The molecule has 0 bridgehead atoms. The molecule has 0 aliphatic heterocycles. The Bertz CT molecular complexity index is 397. The van der Waals surface area contributed by atoms with E-state index in [1.54, 1.807) is 25.3 Å². The molecule has 0 fully saturated rings. The predicted molar refractivity (Wildman–Crippen MR) is 76.6 cm³/mol. The molecule has 0 radical (unpaired) electrons. The van der Waals surface area contributed by atoms with E-state index in [9.17, 15) is 4.79 Å². The topological polar surface area (TPSA) is 64.3 Å². The minimum Gasteiger partial charge on any atom is -0.398 e. The number of amides is 1. The van der Waals surface area contributed by atoms with Gasteiger partial charge in [0, 0.05) is 25.9 Å². The van der Waals surface area contributed by atoms with E-state index in [2.05, 4.69) is 21.2 Å². The van der Waals surface area contributed by atoms with E-state index in [0.717, 1.165) is 25.9 Å². The van der Waals surface area contributed by atoms with Crippen molar-refractivity contribution in [2.45, 2.75) is 19.3 Å². The Balaban J connectivity index is 2.35. The van der Waals surface area contributed by atoms with Gasteiger partial charge in [-0.2, -0.15) is 0 Å². The van der Waals surface area contributed by atoms with E-state index in [4.69, 9.17) is 10.5 Å².